The molecule has 146 valence electrons. The molecule has 27 heavy (non-hydrogen) atoms. The van der Waals surface area contributed by atoms with Gasteiger partial charge in [0.15, 0.2) is 0 Å². The summed E-state index contributed by atoms with van der Waals surface area (Å²) in [7, 11) is 0. The van der Waals surface area contributed by atoms with Crippen LogP contribution in [0.1, 0.15) is 62.5 Å². The molecule has 2 aliphatic heterocycles. The molecule has 2 aliphatic carbocycles. The van der Waals surface area contributed by atoms with Crippen LogP contribution in [0.15, 0.2) is 30.3 Å². The first kappa shape index (κ1) is 17.9. The van der Waals surface area contributed by atoms with E-state index in [-0.39, 0.29) is 0 Å². The number of likely N-dealkylation sites (tertiary alicyclic amines) is 2. The summed E-state index contributed by atoms with van der Waals surface area (Å²) >= 11 is 0. The van der Waals surface area contributed by atoms with Crippen molar-refractivity contribution < 1.29 is 0 Å². The lowest BCUT2D eigenvalue weighted by Gasteiger charge is -2.31. The van der Waals surface area contributed by atoms with Crippen LogP contribution in [-0.2, 0) is 6.42 Å². The summed E-state index contributed by atoms with van der Waals surface area (Å²) in [6.07, 6.45) is 15.1. The predicted molar refractivity (Wildman–Crippen MR) is 114 cm³/mol. The van der Waals surface area contributed by atoms with Crippen LogP contribution in [-0.4, -0.2) is 48.6 Å². The van der Waals surface area contributed by atoms with Crippen LogP contribution in [0, 0.1) is 11.8 Å². The van der Waals surface area contributed by atoms with Gasteiger partial charge in [0.05, 0.1) is 0 Å². The minimum Gasteiger partial charge on any atom is -0.303 e. The van der Waals surface area contributed by atoms with Crippen molar-refractivity contribution in [1.29, 1.82) is 0 Å². The van der Waals surface area contributed by atoms with Crippen LogP contribution in [0.4, 0.5) is 0 Å². The standard InChI is InChI=1S/C25H36N2/c1-2-6-23(7-3-1)27-18-22-12-13-24(25(22)19-27)21-10-8-20(9-11-21)14-17-26-15-4-5-16-26/h8-11,13,22-23,25H,1-7,12,14-19H2. The molecule has 1 aromatic carbocycles. The van der Waals surface area contributed by atoms with Crippen LogP contribution in [0.2, 0.25) is 0 Å². The number of allylic oxidation sites excluding steroid dienone is 1. The molecule has 2 heteroatoms. The Hall–Kier alpha value is -1.12. The molecule has 2 nitrogen and oxygen atoms in total. The van der Waals surface area contributed by atoms with E-state index in [1.807, 2.05) is 0 Å². The minimum atomic E-state index is 0.794. The van der Waals surface area contributed by atoms with Gasteiger partial charge in [0.25, 0.3) is 0 Å². The maximum Gasteiger partial charge on any atom is 0.00956 e. The molecule has 0 aromatic heterocycles. The van der Waals surface area contributed by atoms with E-state index in [4.69, 9.17) is 0 Å². The van der Waals surface area contributed by atoms with Gasteiger partial charge in [-0.15, -0.1) is 0 Å². The summed E-state index contributed by atoms with van der Waals surface area (Å²) in [4.78, 5) is 5.47. The van der Waals surface area contributed by atoms with Crippen molar-refractivity contribution in [3.05, 3.63) is 41.5 Å². The number of nitrogens with zero attached hydrogens (tertiary/aromatic N) is 2. The highest BCUT2D eigenvalue weighted by molar-refractivity contribution is 5.70. The second kappa shape index (κ2) is 8.09. The Balaban J connectivity index is 1.20. The van der Waals surface area contributed by atoms with Gasteiger partial charge in [-0.05, 0) is 74.2 Å². The predicted octanol–water partition coefficient (Wildman–Crippen LogP) is 4.99. The Kier molecular flexibility index (Phi) is 5.38. The van der Waals surface area contributed by atoms with E-state index in [0.717, 1.165) is 17.9 Å². The third-order valence-electron chi connectivity index (χ3n) is 7.80. The molecule has 2 saturated heterocycles. The molecule has 1 saturated carbocycles. The maximum absolute atomic E-state index is 2.85. The zero-order valence-corrected chi connectivity index (χ0v) is 16.9. The van der Waals surface area contributed by atoms with Gasteiger partial charge in [-0.2, -0.15) is 0 Å². The Labute approximate surface area is 165 Å². The zero-order valence-electron chi connectivity index (χ0n) is 16.9. The fourth-order valence-corrected chi connectivity index (χ4v) is 6.16. The van der Waals surface area contributed by atoms with Crippen LogP contribution in [0.25, 0.3) is 5.57 Å². The molecule has 0 radical (unpaired) electrons. The SMILES string of the molecule is C1=C(c2ccc(CCN3CCCC3)cc2)C2CN(C3CCCCC3)CC2C1. The Morgan fingerprint density at radius 1 is 0.852 bits per heavy atom. The summed E-state index contributed by atoms with van der Waals surface area (Å²) in [5, 5.41) is 0. The van der Waals surface area contributed by atoms with E-state index in [1.54, 1.807) is 5.57 Å². The number of benzene rings is 1. The van der Waals surface area contributed by atoms with E-state index in [2.05, 4.69) is 40.1 Å². The van der Waals surface area contributed by atoms with Crippen LogP contribution in [0.5, 0.6) is 0 Å². The van der Waals surface area contributed by atoms with E-state index < -0.39 is 0 Å². The first-order valence-electron chi connectivity index (χ1n) is 11.6. The lowest BCUT2D eigenvalue weighted by molar-refractivity contribution is 0.183. The van der Waals surface area contributed by atoms with Gasteiger partial charge in [-0.3, -0.25) is 4.90 Å². The summed E-state index contributed by atoms with van der Waals surface area (Å²) < 4.78 is 0. The van der Waals surface area contributed by atoms with Gasteiger partial charge < -0.3 is 4.90 Å². The highest BCUT2D eigenvalue weighted by atomic mass is 15.2. The molecule has 2 atom stereocenters. The monoisotopic (exact) mass is 364 g/mol. The van der Waals surface area contributed by atoms with Gasteiger partial charge in [0.2, 0.25) is 0 Å². The van der Waals surface area contributed by atoms with Gasteiger partial charge in [0.1, 0.15) is 0 Å². The van der Waals surface area contributed by atoms with Crippen molar-refractivity contribution in [2.24, 2.45) is 11.8 Å². The van der Waals surface area contributed by atoms with Gasteiger partial charge in [-0.1, -0.05) is 49.6 Å². The van der Waals surface area contributed by atoms with Crippen LogP contribution >= 0.6 is 0 Å². The largest absolute Gasteiger partial charge is 0.303 e. The second-order valence-electron chi connectivity index (χ2n) is 9.50. The average Bonchev–Trinajstić information content (AvgIpc) is 3.45. The molecule has 4 aliphatic rings. The molecular formula is C25H36N2. The molecule has 5 rings (SSSR count). The van der Waals surface area contributed by atoms with Crippen molar-refractivity contribution in [2.45, 2.75) is 63.8 Å². The van der Waals surface area contributed by atoms with E-state index in [9.17, 15) is 0 Å². The molecule has 0 spiro atoms. The average molecular weight is 365 g/mol. The maximum atomic E-state index is 2.85. The summed E-state index contributed by atoms with van der Waals surface area (Å²) in [6, 6.07) is 10.5. The van der Waals surface area contributed by atoms with Crippen molar-refractivity contribution in [2.75, 3.05) is 32.7 Å². The van der Waals surface area contributed by atoms with Crippen LogP contribution in [0.3, 0.4) is 0 Å². The smallest absolute Gasteiger partial charge is 0.00956 e. The first-order valence-corrected chi connectivity index (χ1v) is 11.6. The minimum absolute atomic E-state index is 0.794. The van der Waals surface area contributed by atoms with Crippen molar-refractivity contribution in [3.63, 3.8) is 0 Å². The normalized spacial score (nSPS) is 30.0. The molecule has 1 aromatic rings. The topological polar surface area (TPSA) is 6.48 Å². The van der Waals surface area contributed by atoms with E-state index in [1.165, 1.54) is 102 Å². The highest BCUT2D eigenvalue weighted by Crippen LogP contribution is 2.44. The molecule has 2 heterocycles. The fourth-order valence-electron chi connectivity index (χ4n) is 6.16. The molecule has 0 bridgehead atoms. The van der Waals surface area contributed by atoms with Crippen molar-refractivity contribution in [1.82, 2.24) is 9.80 Å². The van der Waals surface area contributed by atoms with E-state index >= 15 is 0 Å². The highest BCUT2D eigenvalue weighted by Gasteiger charge is 2.40. The van der Waals surface area contributed by atoms with Gasteiger partial charge >= 0.3 is 0 Å². The van der Waals surface area contributed by atoms with Gasteiger partial charge in [-0.25, -0.2) is 0 Å². The molecule has 2 unspecified atom stereocenters. The van der Waals surface area contributed by atoms with Crippen molar-refractivity contribution >= 4 is 5.57 Å². The lowest BCUT2D eigenvalue weighted by Crippen LogP contribution is -2.35. The zero-order chi connectivity index (χ0) is 18.1. The van der Waals surface area contributed by atoms with Gasteiger partial charge in [0, 0.05) is 31.6 Å². The number of rotatable bonds is 5. The van der Waals surface area contributed by atoms with Crippen LogP contribution < -0.4 is 0 Å². The summed E-state index contributed by atoms with van der Waals surface area (Å²) in [5.74, 6) is 1.68. The summed E-state index contributed by atoms with van der Waals surface area (Å²) in [6.45, 7) is 6.53. The molecule has 0 N–H and O–H groups in total. The Bertz CT molecular complexity index is 649. The third-order valence-corrected chi connectivity index (χ3v) is 7.80. The Morgan fingerprint density at radius 2 is 1.63 bits per heavy atom. The van der Waals surface area contributed by atoms with Crippen molar-refractivity contribution in [3.8, 4) is 0 Å². The lowest BCUT2D eigenvalue weighted by atomic mass is 9.90. The fraction of sp³-hybridized carbons (Fsp3) is 0.680. The Morgan fingerprint density at radius 3 is 2.41 bits per heavy atom. The number of hydrogen-bond acceptors (Lipinski definition) is 2. The molecule has 3 fully saturated rings. The number of fused-ring (bicyclic) bond motifs is 1. The third kappa shape index (κ3) is 3.89. The first-order chi connectivity index (χ1) is 13.4. The number of hydrogen-bond donors (Lipinski definition) is 0. The van der Waals surface area contributed by atoms with E-state index in [0.29, 0.717) is 0 Å². The quantitative estimate of drug-likeness (QED) is 0.726. The molecule has 0 amide bonds. The molecular weight excluding hydrogens is 328 g/mol. The second-order valence-corrected chi connectivity index (χ2v) is 9.50. The summed E-state index contributed by atoms with van der Waals surface area (Å²) in [5.41, 5.74) is 4.67.